The summed E-state index contributed by atoms with van der Waals surface area (Å²) in [7, 11) is -1.77. The first-order chi connectivity index (χ1) is 16.2. The molecular formula is C24H40NO9P. The molecule has 5 atom stereocenters. The molecule has 0 aromatic heterocycles. The Morgan fingerprint density at radius 3 is 2.29 bits per heavy atom. The van der Waals surface area contributed by atoms with E-state index in [0.29, 0.717) is 5.92 Å². The first-order valence-corrected chi connectivity index (χ1v) is 13.2. The summed E-state index contributed by atoms with van der Waals surface area (Å²) in [5.74, 6) is -0.685. The molecule has 6 N–H and O–H groups in total. The lowest BCUT2D eigenvalue weighted by molar-refractivity contribution is -0.131. The van der Waals surface area contributed by atoms with Crippen molar-refractivity contribution in [2.45, 2.75) is 75.4 Å². The third kappa shape index (κ3) is 13.3. The maximum atomic E-state index is 11.5. The number of aliphatic carboxylic acids is 1. The number of carbonyl (C=O) groups is 1. The van der Waals surface area contributed by atoms with Crippen molar-refractivity contribution in [2.75, 3.05) is 14.1 Å². The van der Waals surface area contributed by atoms with Gasteiger partial charge in [-0.1, -0.05) is 61.8 Å². The standard InChI is InChI=1S/C24H40NO9P/c1-24(30,16-15-21(27)20(25(2)3)13-14-23(28)29)22(34-35(31,32)33)17-19(26)12-8-7-11-18-9-5-4-6-10-18/h7-8,11-16,18-22,26-27,30H,4-6,9-10,17H2,1-3H3,(H,28,29)(H2,31,32,33)/b11-7-,12-8+,14-13+,16-15+/t19-,20-,21-,22+,24+/m0/s1. The maximum Gasteiger partial charge on any atom is 0.469 e. The van der Waals surface area contributed by atoms with E-state index in [0.717, 1.165) is 25.0 Å². The van der Waals surface area contributed by atoms with Gasteiger partial charge in [0.1, 0.15) is 11.7 Å². The molecule has 0 aromatic rings. The first kappa shape index (κ1) is 31.4. The third-order valence-electron chi connectivity index (χ3n) is 5.86. The van der Waals surface area contributed by atoms with Gasteiger partial charge in [0.05, 0.1) is 18.2 Å². The van der Waals surface area contributed by atoms with Gasteiger partial charge < -0.3 is 35.1 Å². The number of carboxylic acids is 1. The lowest BCUT2D eigenvalue weighted by atomic mass is 9.89. The summed E-state index contributed by atoms with van der Waals surface area (Å²) in [6.45, 7) is 1.23. The average molecular weight is 518 g/mol. The third-order valence-corrected chi connectivity index (χ3v) is 6.39. The zero-order valence-corrected chi connectivity index (χ0v) is 21.4. The predicted octanol–water partition coefficient (Wildman–Crippen LogP) is 2.15. The lowest BCUT2D eigenvalue weighted by Gasteiger charge is -2.32. The lowest BCUT2D eigenvalue weighted by Crippen LogP contribution is -2.42. The van der Waals surface area contributed by atoms with Crippen molar-refractivity contribution in [2.24, 2.45) is 5.92 Å². The highest BCUT2D eigenvalue weighted by atomic mass is 31.2. The van der Waals surface area contributed by atoms with Crippen LogP contribution in [-0.2, 0) is 13.9 Å². The molecule has 0 heterocycles. The van der Waals surface area contributed by atoms with E-state index in [-0.39, 0.29) is 6.42 Å². The predicted molar refractivity (Wildman–Crippen MR) is 132 cm³/mol. The highest BCUT2D eigenvalue weighted by Crippen LogP contribution is 2.41. The Bertz CT molecular complexity index is 810. The molecule has 11 heteroatoms. The van der Waals surface area contributed by atoms with Crippen LogP contribution in [0.1, 0.15) is 45.4 Å². The highest BCUT2D eigenvalue weighted by Gasteiger charge is 2.37. The number of hydrogen-bond acceptors (Lipinski definition) is 7. The average Bonchev–Trinajstić information content (AvgIpc) is 2.74. The Morgan fingerprint density at radius 2 is 1.74 bits per heavy atom. The molecule has 1 fully saturated rings. The molecule has 0 bridgehead atoms. The summed E-state index contributed by atoms with van der Waals surface area (Å²) >= 11 is 0. The smallest absolute Gasteiger partial charge is 0.469 e. The first-order valence-electron chi connectivity index (χ1n) is 11.7. The maximum absolute atomic E-state index is 11.5. The Morgan fingerprint density at radius 1 is 1.11 bits per heavy atom. The van der Waals surface area contributed by atoms with Crippen LogP contribution in [0.5, 0.6) is 0 Å². The topological polar surface area (TPSA) is 168 Å². The molecule has 35 heavy (non-hydrogen) atoms. The van der Waals surface area contributed by atoms with Gasteiger partial charge in [-0.2, -0.15) is 0 Å². The minimum atomic E-state index is -5.02. The molecule has 1 aliphatic rings. The van der Waals surface area contributed by atoms with E-state index >= 15 is 0 Å². The van der Waals surface area contributed by atoms with Gasteiger partial charge in [0.25, 0.3) is 0 Å². The zero-order chi connectivity index (χ0) is 26.6. The second-order valence-electron chi connectivity index (χ2n) is 9.28. The fraction of sp³-hybridized carbons (Fsp3) is 0.625. The fourth-order valence-electron chi connectivity index (χ4n) is 3.88. The van der Waals surface area contributed by atoms with Crippen LogP contribution in [0.4, 0.5) is 0 Å². The molecule has 1 aliphatic carbocycles. The van der Waals surface area contributed by atoms with Crippen molar-refractivity contribution in [3.8, 4) is 0 Å². The summed E-state index contributed by atoms with van der Waals surface area (Å²) in [5.41, 5.74) is -1.98. The number of nitrogens with zero attached hydrogens (tertiary/aromatic N) is 1. The van der Waals surface area contributed by atoms with Crippen molar-refractivity contribution >= 4 is 13.8 Å². The van der Waals surface area contributed by atoms with E-state index < -0.39 is 43.7 Å². The fourth-order valence-corrected chi connectivity index (χ4v) is 4.51. The van der Waals surface area contributed by atoms with Crippen molar-refractivity contribution in [3.63, 3.8) is 0 Å². The van der Waals surface area contributed by atoms with Crippen LogP contribution in [0.2, 0.25) is 0 Å². The van der Waals surface area contributed by atoms with Crippen LogP contribution in [-0.4, -0.2) is 85.1 Å². The van der Waals surface area contributed by atoms with Crippen molar-refractivity contribution in [3.05, 3.63) is 48.6 Å². The van der Waals surface area contributed by atoms with Crippen LogP contribution in [0.3, 0.4) is 0 Å². The monoisotopic (exact) mass is 517 g/mol. The molecular weight excluding hydrogens is 477 g/mol. The molecule has 0 spiro atoms. The molecule has 1 saturated carbocycles. The largest absolute Gasteiger partial charge is 0.478 e. The summed E-state index contributed by atoms with van der Waals surface area (Å²) in [4.78, 5) is 31.0. The number of carboxylic acid groups (broad SMARTS) is 1. The number of phosphoric ester groups is 1. The molecule has 200 valence electrons. The SMILES string of the molecule is CN(C)[C@@H](/C=C/C(=O)O)[C@@H](O)/C=C/[C@@](C)(O)[C@@H](C[C@@H](O)/C=C/C=C\C1CCCCC1)OP(=O)(O)O. The van der Waals surface area contributed by atoms with E-state index in [4.69, 9.17) is 9.63 Å². The minimum Gasteiger partial charge on any atom is -0.478 e. The Kier molecular flexibility index (Phi) is 13.3. The van der Waals surface area contributed by atoms with E-state index in [1.807, 2.05) is 6.08 Å². The number of allylic oxidation sites excluding steroid dienone is 3. The van der Waals surface area contributed by atoms with E-state index in [1.165, 1.54) is 44.4 Å². The van der Waals surface area contributed by atoms with Gasteiger partial charge in [-0.15, -0.1) is 0 Å². The normalized spacial score (nSPS) is 21.7. The molecule has 0 saturated heterocycles. The minimum absolute atomic E-state index is 0.331. The molecule has 0 aliphatic heterocycles. The van der Waals surface area contributed by atoms with Crippen LogP contribution in [0.25, 0.3) is 0 Å². The highest BCUT2D eigenvalue weighted by molar-refractivity contribution is 7.46. The van der Waals surface area contributed by atoms with Gasteiger partial charge >= 0.3 is 13.8 Å². The van der Waals surface area contributed by atoms with Gasteiger partial charge in [0.2, 0.25) is 0 Å². The van der Waals surface area contributed by atoms with Gasteiger partial charge in [-0.3, -0.25) is 4.52 Å². The molecule has 0 radical (unpaired) electrons. The van der Waals surface area contributed by atoms with Gasteiger partial charge in [0, 0.05) is 12.5 Å². The number of rotatable bonds is 14. The molecule has 0 unspecified atom stereocenters. The summed E-state index contributed by atoms with van der Waals surface area (Å²) < 4.78 is 16.3. The quantitative estimate of drug-likeness (QED) is 0.0869. The van der Waals surface area contributed by atoms with E-state index in [9.17, 15) is 34.5 Å². The Hall–Kier alpha value is -1.62. The van der Waals surface area contributed by atoms with E-state index in [1.54, 1.807) is 25.1 Å². The second kappa shape index (κ2) is 14.8. The number of hydrogen-bond donors (Lipinski definition) is 6. The van der Waals surface area contributed by atoms with Gasteiger partial charge in [0.15, 0.2) is 0 Å². The molecule has 0 amide bonds. The molecule has 10 nitrogen and oxygen atoms in total. The zero-order valence-electron chi connectivity index (χ0n) is 20.6. The molecule has 1 rings (SSSR count). The second-order valence-corrected chi connectivity index (χ2v) is 10.5. The van der Waals surface area contributed by atoms with Crippen LogP contribution in [0.15, 0.2) is 48.6 Å². The number of aliphatic hydroxyl groups is 3. The van der Waals surface area contributed by atoms with E-state index in [2.05, 4.69) is 6.08 Å². The van der Waals surface area contributed by atoms with Crippen molar-refractivity contribution in [1.82, 2.24) is 4.90 Å². The van der Waals surface area contributed by atoms with Crippen molar-refractivity contribution < 1.29 is 44.1 Å². The van der Waals surface area contributed by atoms with Crippen LogP contribution < -0.4 is 0 Å². The molecule has 0 aromatic carbocycles. The summed E-state index contributed by atoms with van der Waals surface area (Å²) in [6, 6.07) is -0.747. The Labute approximate surface area is 207 Å². The Balaban J connectivity index is 2.92. The van der Waals surface area contributed by atoms with Crippen LogP contribution >= 0.6 is 7.82 Å². The number of likely N-dealkylation sites (N-methyl/N-ethyl adjacent to an activating group) is 1. The summed E-state index contributed by atoms with van der Waals surface area (Å²) in [5, 5.41) is 40.5. The van der Waals surface area contributed by atoms with Gasteiger partial charge in [-0.05, 0) is 39.8 Å². The van der Waals surface area contributed by atoms with Crippen LogP contribution in [0, 0.1) is 5.92 Å². The summed E-state index contributed by atoms with van der Waals surface area (Å²) in [6.07, 6.45) is 13.1. The van der Waals surface area contributed by atoms with Crippen molar-refractivity contribution in [1.29, 1.82) is 0 Å². The van der Waals surface area contributed by atoms with Gasteiger partial charge in [-0.25, -0.2) is 9.36 Å². The number of phosphoric acid groups is 1. The number of aliphatic hydroxyl groups excluding tert-OH is 2.